The minimum absolute atomic E-state index is 0.0203. The van der Waals surface area contributed by atoms with Gasteiger partial charge in [0, 0.05) is 17.8 Å². The Kier molecular flexibility index (Phi) is 8.08. The highest BCUT2D eigenvalue weighted by atomic mass is 35.5. The van der Waals surface area contributed by atoms with Crippen molar-refractivity contribution in [2.24, 2.45) is 0 Å². The minimum Gasteiger partial charge on any atom is -0.481 e. The van der Waals surface area contributed by atoms with Crippen LogP contribution in [0.5, 0.6) is 0 Å². The smallest absolute Gasteiger partial charge is 0.407 e. The Labute approximate surface area is 210 Å². The third kappa shape index (κ3) is 7.49. The second kappa shape index (κ2) is 10.8. The van der Waals surface area contributed by atoms with Crippen LogP contribution < -0.4 is 10.6 Å². The number of aliphatic carboxylic acids is 1. The van der Waals surface area contributed by atoms with Crippen molar-refractivity contribution in [2.75, 3.05) is 5.32 Å². The van der Waals surface area contributed by atoms with Gasteiger partial charge in [0.2, 0.25) is 0 Å². The Bertz CT molecular complexity index is 1270. The first-order valence-corrected chi connectivity index (χ1v) is 11.6. The molecule has 3 rings (SSSR count). The van der Waals surface area contributed by atoms with Crippen LogP contribution in [0, 0.1) is 5.82 Å². The first-order valence-electron chi connectivity index (χ1n) is 10.5. The number of para-hydroxylation sites is 1. The number of carboxylic acid groups (broad SMARTS) is 1. The zero-order valence-electron chi connectivity index (χ0n) is 19.1. The summed E-state index contributed by atoms with van der Waals surface area (Å²) in [5, 5.41) is 14.6. The summed E-state index contributed by atoms with van der Waals surface area (Å²) < 4.78 is 19.6. The van der Waals surface area contributed by atoms with Gasteiger partial charge in [0.25, 0.3) is 5.91 Å². The van der Waals surface area contributed by atoms with E-state index >= 15 is 0 Å². The van der Waals surface area contributed by atoms with Gasteiger partial charge in [-0.15, -0.1) is 11.3 Å². The third-order valence-corrected chi connectivity index (χ3v) is 5.75. The van der Waals surface area contributed by atoms with Crippen LogP contribution in [0.25, 0.3) is 10.6 Å². The summed E-state index contributed by atoms with van der Waals surface area (Å²) in [7, 11) is 0. The van der Waals surface area contributed by atoms with Gasteiger partial charge in [-0.25, -0.2) is 14.2 Å². The van der Waals surface area contributed by atoms with Gasteiger partial charge in [0.15, 0.2) is 5.69 Å². The van der Waals surface area contributed by atoms with Gasteiger partial charge in [-0.05, 0) is 56.2 Å². The summed E-state index contributed by atoms with van der Waals surface area (Å²) in [6, 6.07) is 10.6. The normalized spacial score (nSPS) is 11.1. The van der Waals surface area contributed by atoms with Gasteiger partial charge in [-0.3, -0.25) is 9.59 Å². The minimum atomic E-state index is -1.04. The van der Waals surface area contributed by atoms with E-state index in [2.05, 4.69) is 15.6 Å². The average Bonchev–Trinajstić information content (AvgIpc) is 3.13. The largest absolute Gasteiger partial charge is 0.481 e. The summed E-state index contributed by atoms with van der Waals surface area (Å²) in [5.41, 5.74) is 0.849. The van der Waals surface area contributed by atoms with Crippen molar-refractivity contribution in [1.29, 1.82) is 0 Å². The molecule has 0 aliphatic carbocycles. The van der Waals surface area contributed by atoms with Gasteiger partial charge in [-0.1, -0.05) is 29.8 Å². The number of amides is 2. The van der Waals surface area contributed by atoms with Crippen LogP contribution in [0.2, 0.25) is 4.34 Å². The van der Waals surface area contributed by atoms with Crippen molar-refractivity contribution in [3.63, 3.8) is 0 Å². The molecule has 0 unspecified atom stereocenters. The highest BCUT2D eigenvalue weighted by molar-refractivity contribution is 7.19. The van der Waals surface area contributed by atoms with Gasteiger partial charge in [-0.2, -0.15) is 0 Å². The molecule has 0 bridgehead atoms. The predicted octanol–water partition coefficient (Wildman–Crippen LogP) is 5.51. The molecule has 0 radical (unpaired) electrons. The lowest BCUT2D eigenvalue weighted by atomic mass is 10.1. The molecule has 3 N–H and O–H groups in total. The molecule has 11 heteroatoms. The molecule has 0 aliphatic rings. The van der Waals surface area contributed by atoms with Gasteiger partial charge < -0.3 is 20.5 Å². The Balaban J connectivity index is 1.79. The van der Waals surface area contributed by atoms with Crippen LogP contribution >= 0.6 is 22.9 Å². The summed E-state index contributed by atoms with van der Waals surface area (Å²) in [6.07, 6.45) is -0.904. The van der Waals surface area contributed by atoms with Gasteiger partial charge in [0.1, 0.15) is 20.8 Å². The van der Waals surface area contributed by atoms with E-state index in [0.29, 0.717) is 27.4 Å². The molecule has 2 amide bonds. The number of halogens is 2. The fourth-order valence-electron chi connectivity index (χ4n) is 3.07. The van der Waals surface area contributed by atoms with E-state index in [-0.39, 0.29) is 23.0 Å². The third-order valence-electron chi connectivity index (χ3n) is 4.45. The predicted molar refractivity (Wildman–Crippen MR) is 131 cm³/mol. The SMILES string of the molecule is CC(C)(C)OC(=O)NCc1cc(F)cc(-c2nc(C(=O)Nc3ccccc3CC(=O)O)c(Cl)s2)c1. The van der Waals surface area contributed by atoms with Crippen molar-refractivity contribution >= 4 is 46.6 Å². The highest BCUT2D eigenvalue weighted by Gasteiger charge is 2.20. The number of nitrogens with zero attached hydrogens (tertiary/aromatic N) is 1. The van der Waals surface area contributed by atoms with Crippen molar-refractivity contribution in [3.8, 4) is 10.6 Å². The van der Waals surface area contributed by atoms with E-state index in [9.17, 15) is 18.8 Å². The molecule has 35 heavy (non-hydrogen) atoms. The second-order valence-electron chi connectivity index (χ2n) is 8.53. The van der Waals surface area contributed by atoms with E-state index in [4.69, 9.17) is 21.4 Å². The van der Waals surface area contributed by atoms with Crippen molar-refractivity contribution in [3.05, 3.63) is 69.4 Å². The number of ether oxygens (including phenoxy) is 1. The molecule has 184 valence electrons. The lowest BCUT2D eigenvalue weighted by Gasteiger charge is -2.19. The quantitative estimate of drug-likeness (QED) is 0.379. The maximum atomic E-state index is 14.3. The summed E-state index contributed by atoms with van der Waals surface area (Å²) in [4.78, 5) is 40.1. The lowest BCUT2D eigenvalue weighted by Crippen LogP contribution is -2.32. The first-order chi connectivity index (χ1) is 16.4. The molecule has 0 atom stereocenters. The van der Waals surface area contributed by atoms with E-state index in [1.54, 1.807) is 51.1 Å². The van der Waals surface area contributed by atoms with E-state index < -0.39 is 29.4 Å². The van der Waals surface area contributed by atoms with Crippen LogP contribution in [0.1, 0.15) is 42.4 Å². The van der Waals surface area contributed by atoms with Crippen LogP contribution in [0.15, 0.2) is 42.5 Å². The molecule has 1 aromatic heterocycles. The van der Waals surface area contributed by atoms with Crippen LogP contribution in [-0.2, 0) is 22.5 Å². The molecule has 1 heterocycles. The van der Waals surface area contributed by atoms with Crippen LogP contribution in [0.3, 0.4) is 0 Å². The Morgan fingerprint density at radius 3 is 2.57 bits per heavy atom. The number of thiazole rings is 1. The topological polar surface area (TPSA) is 118 Å². The van der Waals surface area contributed by atoms with Crippen molar-refractivity contribution < 1.29 is 28.6 Å². The Morgan fingerprint density at radius 1 is 1.17 bits per heavy atom. The van der Waals surface area contributed by atoms with E-state index in [0.717, 1.165) is 11.3 Å². The number of benzene rings is 2. The number of hydrogen-bond acceptors (Lipinski definition) is 6. The molecule has 0 fully saturated rings. The number of rotatable bonds is 7. The second-order valence-corrected chi connectivity index (χ2v) is 10.1. The fraction of sp³-hybridized carbons (Fsp3) is 0.250. The molecule has 0 saturated carbocycles. The molecular weight excluding hydrogens is 497 g/mol. The molecule has 8 nitrogen and oxygen atoms in total. The number of nitrogens with one attached hydrogen (secondary N) is 2. The average molecular weight is 520 g/mol. The molecular formula is C24H23ClFN3O5S. The zero-order chi connectivity index (χ0) is 25.8. The maximum Gasteiger partial charge on any atom is 0.407 e. The number of anilines is 1. The van der Waals surface area contributed by atoms with Gasteiger partial charge in [0.05, 0.1) is 6.42 Å². The number of aromatic nitrogens is 1. The lowest BCUT2D eigenvalue weighted by molar-refractivity contribution is -0.136. The Morgan fingerprint density at radius 2 is 1.89 bits per heavy atom. The molecule has 0 spiro atoms. The van der Waals surface area contributed by atoms with Crippen LogP contribution in [-0.4, -0.2) is 33.7 Å². The first kappa shape index (κ1) is 26.1. The number of hydrogen-bond donors (Lipinski definition) is 3. The molecule has 2 aromatic carbocycles. The fourth-order valence-corrected chi connectivity index (χ4v) is 4.19. The number of carbonyl (C=O) groups excluding carboxylic acids is 2. The van der Waals surface area contributed by atoms with E-state index in [1.165, 1.54) is 12.1 Å². The van der Waals surface area contributed by atoms with Crippen molar-refractivity contribution in [1.82, 2.24) is 10.3 Å². The van der Waals surface area contributed by atoms with Crippen molar-refractivity contribution in [2.45, 2.75) is 39.3 Å². The van der Waals surface area contributed by atoms with Gasteiger partial charge >= 0.3 is 12.1 Å². The molecule has 0 aliphatic heterocycles. The summed E-state index contributed by atoms with van der Waals surface area (Å²) in [6.45, 7) is 5.22. The zero-order valence-corrected chi connectivity index (χ0v) is 20.7. The number of carbonyl (C=O) groups is 3. The van der Waals surface area contributed by atoms with E-state index in [1.807, 2.05) is 0 Å². The number of alkyl carbamates (subject to hydrolysis) is 1. The maximum absolute atomic E-state index is 14.3. The Hall–Kier alpha value is -3.50. The highest BCUT2D eigenvalue weighted by Crippen LogP contribution is 2.33. The monoisotopic (exact) mass is 519 g/mol. The number of carboxylic acids is 1. The summed E-state index contributed by atoms with van der Waals surface area (Å²) in [5.74, 6) is -2.22. The van der Waals surface area contributed by atoms with Crippen LogP contribution in [0.4, 0.5) is 14.9 Å². The standard InChI is InChI=1S/C24H23ClFN3O5S/c1-24(2,3)34-23(33)27-12-13-8-15(10-16(26)9-13)22-29-19(20(25)35-22)21(32)28-17-7-5-4-6-14(17)11-18(30)31/h4-10H,11-12H2,1-3H3,(H,27,33)(H,28,32)(H,30,31). The molecule has 3 aromatic rings. The molecule has 0 saturated heterocycles. The summed E-state index contributed by atoms with van der Waals surface area (Å²) >= 11 is 7.25.